The van der Waals surface area contributed by atoms with Crippen LogP contribution in [0.5, 0.6) is 0 Å². The molecule has 4 nitrogen and oxygen atoms in total. The van der Waals surface area contributed by atoms with E-state index in [2.05, 4.69) is 16.0 Å². The van der Waals surface area contributed by atoms with Crippen molar-refractivity contribution in [3.8, 4) is 17.3 Å². The van der Waals surface area contributed by atoms with E-state index in [1.807, 2.05) is 37.3 Å². The third kappa shape index (κ3) is 2.04. The second kappa shape index (κ2) is 5.14. The van der Waals surface area contributed by atoms with Gasteiger partial charge in [0.05, 0.1) is 11.8 Å². The van der Waals surface area contributed by atoms with Crippen molar-refractivity contribution in [2.75, 3.05) is 0 Å². The van der Waals surface area contributed by atoms with Crippen LogP contribution in [0.3, 0.4) is 0 Å². The fourth-order valence-electron chi connectivity index (χ4n) is 2.20. The van der Waals surface area contributed by atoms with Crippen LogP contribution in [0, 0.1) is 11.3 Å². The van der Waals surface area contributed by atoms with E-state index in [0.29, 0.717) is 12.2 Å². The molecular formula is C16H13N3O. The normalized spacial score (nSPS) is 12.2. The fraction of sp³-hybridized carbons (Fsp3) is 0.188. The van der Waals surface area contributed by atoms with Gasteiger partial charge in [-0.25, -0.2) is 9.97 Å². The highest BCUT2D eigenvalue weighted by Crippen LogP contribution is 2.29. The average Bonchev–Trinajstić information content (AvgIpc) is 2.93. The molecule has 2 heterocycles. The zero-order valence-corrected chi connectivity index (χ0v) is 11.1. The van der Waals surface area contributed by atoms with Gasteiger partial charge in [-0.2, -0.15) is 5.26 Å². The van der Waals surface area contributed by atoms with Gasteiger partial charge in [-0.1, -0.05) is 25.1 Å². The van der Waals surface area contributed by atoms with Crippen molar-refractivity contribution in [1.29, 1.82) is 5.26 Å². The van der Waals surface area contributed by atoms with Gasteiger partial charge in [0.25, 0.3) is 0 Å². The molecule has 1 unspecified atom stereocenters. The molecule has 2 aromatic heterocycles. The number of fused-ring (bicyclic) bond motifs is 1. The molecule has 1 atom stereocenters. The maximum Gasteiger partial charge on any atom is 0.146 e. The van der Waals surface area contributed by atoms with Gasteiger partial charge >= 0.3 is 0 Å². The standard InChI is InChI=1S/C16H13N3O/c1-2-11(9-17)16-18-8-7-14(19-16)13-10-20-15-6-4-3-5-12(13)15/h3-8,10-11H,2H2,1H3. The van der Waals surface area contributed by atoms with Crippen LogP contribution < -0.4 is 0 Å². The van der Waals surface area contributed by atoms with Crippen LogP contribution in [0.2, 0.25) is 0 Å². The number of hydrogen-bond acceptors (Lipinski definition) is 4. The summed E-state index contributed by atoms with van der Waals surface area (Å²) in [7, 11) is 0. The summed E-state index contributed by atoms with van der Waals surface area (Å²) in [5.74, 6) is 0.297. The molecule has 20 heavy (non-hydrogen) atoms. The summed E-state index contributed by atoms with van der Waals surface area (Å²) in [6.45, 7) is 1.96. The highest BCUT2D eigenvalue weighted by molar-refractivity contribution is 5.92. The number of rotatable bonds is 3. The minimum absolute atomic E-state index is 0.270. The number of aromatic nitrogens is 2. The molecule has 0 aliphatic carbocycles. The Hall–Kier alpha value is -2.67. The second-order valence-corrected chi connectivity index (χ2v) is 4.54. The summed E-state index contributed by atoms with van der Waals surface area (Å²) in [5, 5.41) is 10.1. The molecule has 0 radical (unpaired) electrons. The molecule has 0 saturated heterocycles. The maximum atomic E-state index is 9.12. The van der Waals surface area contributed by atoms with Gasteiger partial charge in [-0.05, 0) is 18.6 Å². The Balaban J connectivity index is 2.11. The van der Waals surface area contributed by atoms with Gasteiger partial charge in [0, 0.05) is 17.1 Å². The van der Waals surface area contributed by atoms with E-state index >= 15 is 0 Å². The monoisotopic (exact) mass is 263 g/mol. The molecule has 0 amide bonds. The highest BCUT2D eigenvalue weighted by atomic mass is 16.3. The Morgan fingerprint density at radius 2 is 2.15 bits per heavy atom. The van der Waals surface area contributed by atoms with Crippen LogP contribution in [0.4, 0.5) is 0 Å². The van der Waals surface area contributed by atoms with Gasteiger partial charge in [-0.15, -0.1) is 0 Å². The smallest absolute Gasteiger partial charge is 0.146 e. The van der Waals surface area contributed by atoms with Gasteiger partial charge in [0.1, 0.15) is 23.6 Å². The van der Waals surface area contributed by atoms with Gasteiger partial charge in [-0.3, -0.25) is 0 Å². The van der Waals surface area contributed by atoms with Crippen molar-refractivity contribution in [1.82, 2.24) is 9.97 Å². The number of para-hydroxylation sites is 1. The molecule has 4 heteroatoms. The average molecular weight is 263 g/mol. The van der Waals surface area contributed by atoms with Gasteiger partial charge in [0.2, 0.25) is 0 Å². The number of benzene rings is 1. The predicted octanol–water partition coefficient (Wildman–Crippen LogP) is 3.91. The fourth-order valence-corrected chi connectivity index (χ4v) is 2.20. The van der Waals surface area contributed by atoms with Crippen LogP contribution in [0.1, 0.15) is 25.1 Å². The third-order valence-corrected chi connectivity index (χ3v) is 3.31. The van der Waals surface area contributed by atoms with Crippen LogP contribution in [-0.2, 0) is 0 Å². The number of hydrogen-bond donors (Lipinski definition) is 0. The van der Waals surface area contributed by atoms with E-state index in [1.54, 1.807) is 12.5 Å². The first kappa shape index (κ1) is 12.4. The quantitative estimate of drug-likeness (QED) is 0.718. The van der Waals surface area contributed by atoms with Crippen molar-refractivity contribution in [2.45, 2.75) is 19.3 Å². The lowest BCUT2D eigenvalue weighted by molar-refractivity contribution is 0.616. The topological polar surface area (TPSA) is 62.7 Å². The zero-order chi connectivity index (χ0) is 13.9. The summed E-state index contributed by atoms with van der Waals surface area (Å²) in [6.07, 6.45) is 4.09. The Bertz CT molecular complexity index is 786. The molecule has 0 bridgehead atoms. The molecule has 0 saturated carbocycles. The van der Waals surface area contributed by atoms with Crippen molar-refractivity contribution >= 4 is 11.0 Å². The van der Waals surface area contributed by atoms with Crippen LogP contribution in [0.25, 0.3) is 22.2 Å². The van der Waals surface area contributed by atoms with Gasteiger partial charge < -0.3 is 4.42 Å². The molecule has 0 aliphatic heterocycles. The van der Waals surface area contributed by atoms with Crippen molar-refractivity contribution in [2.24, 2.45) is 0 Å². The van der Waals surface area contributed by atoms with Crippen molar-refractivity contribution < 1.29 is 4.42 Å². The minimum atomic E-state index is -0.270. The number of nitriles is 1. The zero-order valence-electron chi connectivity index (χ0n) is 11.1. The molecule has 3 rings (SSSR count). The van der Waals surface area contributed by atoms with Crippen molar-refractivity contribution in [3.05, 3.63) is 48.6 Å². The van der Waals surface area contributed by atoms with Crippen LogP contribution >= 0.6 is 0 Å². The first-order chi connectivity index (χ1) is 9.83. The lowest BCUT2D eigenvalue weighted by Gasteiger charge is -2.05. The summed E-state index contributed by atoms with van der Waals surface area (Å²) in [5.41, 5.74) is 2.54. The highest BCUT2D eigenvalue weighted by Gasteiger charge is 2.14. The van der Waals surface area contributed by atoms with Crippen LogP contribution in [-0.4, -0.2) is 9.97 Å². The molecule has 0 spiro atoms. The molecule has 1 aromatic carbocycles. The Labute approximate surface area is 116 Å². The largest absolute Gasteiger partial charge is 0.464 e. The Morgan fingerprint density at radius 1 is 1.30 bits per heavy atom. The summed E-state index contributed by atoms with van der Waals surface area (Å²) in [6, 6.07) is 11.9. The van der Waals surface area contributed by atoms with E-state index in [9.17, 15) is 0 Å². The molecule has 0 aliphatic rings. The molecular weight excluding hydrogens is 250 g/mol. The van der Waals surface area contributed by atoms with E-state index in [4.69, 9.17) is 9.68 Å². The molecule has 3 aromatic rings. The Morgan fingerprint density at radius 3 is 2.95 bits per heavy atom. The summed E-state index contributed by atoms with van der Waals surface area (Å²) < 4.78 is 5.53. The minimum Gasteiger partial charge on any atom is -0.464 e. The first-order valence-electron chi connectivity index (χ1n) is 6.52. The SMILES string of the molecule is CCC(C#N)c1nccc(-c2coc3ccccc23)n1. The summed E-state index contributed by atoms with van der Waals surface area (Å²) in [4.78, 5) is 8.72. The number of furan rings is 1. The lowest BCUT2D eigenvalue weighted by Crippen LogP contribution is -2.01. The molecule has 98 valence electrons. The lowest BCUT2D eigenvalue weighted by atomic mass is 10.1. The predicted molar refractivity (Wildman–Crippen MR) is 75.9 cm³/mol. The Kier molecular flexibility index (Phi) is 3.18. The van der Waals surface area contributed by atoms with E-state index in [0.717, 1.165) is 22.2 Å². The van der Waals surface area contributed by atoms with Crippen LogP contribution in [0.15, 0.2) is 47.2 Å². The maximum absolute atomic E-state index is 9.12. The number of nitrogens with zero attached hydrogens (tertiary/aromatic N) is 3. The molecule has 0 N–H and O–H groups in total. The van der Waals surface area contributed by atoms with Crippen molar-refractivity contribution in [3.63, 3.8) is 0 Å². The van der Waals surface area contributed by atoms with E-state index in [1.165, 1.54) is 0 Å². The molecule has 0 fully saturated rings. The van der Waals surface area contributed by atoms with E-state index < -0.39 is 0 Å². The second-order valence-electron chi connectivity index (χ2n) is 4.54. The summed E-state index contributed by atoms with van der Waals surface area (Å²) >= 11 is 0. The first-order valence-corrected chi connectivity index (χ1v) is 6.52. The van der Waals surface area contributed by atoms with E-state index in [-0.39, 0.29) is 5.92 Å². The third-order valence-electron chi connectivity index (χ3n) is 3.31. The van der Waals surface area contributed by atoms with Gasteiger partial charge in [0.15, 0.2) is 0 Å².